The van der Waals surface area contributed by atoms with Crippen LogP contribution >= 0.6 is 0 Å². The van der Waals surface area contributed by atoms with Gasteiger partial charge in [-0.05, 0) is 67.3 Å². The Bertz CT molecular complexity index is 1620. The zero-order valence-electron chi connectivity index (χ0n) is 26.0. The summed E-state index contributed by atoms with van der Waals surface area (Å²) in [5.74, 6) is 1.65. The van der Waals surface area contributed by atoms with Crippen LogP contribution in [-0.2, 0) is 5.41 Å². The van der Waals surface area contributed by atoms with Gasteiger partial charge >= 0.3 is 0 Å². The van der Waals surface area contributed by atoms with Gasteiger partial charge < -0.3 is 25.3 Å². The molecule has 0 bridgehead atoms. The number of aromatic nitrogens is 4. The van der Waals surface area contributed by atoms with Crippen LogP contribution in [0.2, 0.25) is 0 Å². The van der Waals surface area contributed by atoms with Crippen molar-refractivity contribution in [3.8, 4) is 0 Å². The molecule has 2 N–H and O–H groups in total. The molecule has 1 atom stereocenters. The standard InChI is InChI=1S/C33H41N9O2/c1-33(2,3)25-11-7-23(8-12-25)28(43)35-27-6-5-16-41(22-27)31-37-30-34-15-17-42(30)32(38-31)36-26-13-9-24(10-14-26)29(44)40-20-18-39(4)19-21-40/h7-15,17,27H,5-6,16,18-22H2,1-4H3,(H,35,43)(H,34,36,37,38). The Kier molecular flexibility index (Phi) is 8.22. The van der Waals surface area contributed by atoms with E-state index in [1.54, 1.807) is 10.6 Å². The largest absolute Gasteiger partial charge is 0.348 e. The number of fused-ring (bicyclic) bond motifs is 1. The van der Waals surface area contributed by atoms with E-state index in [9.17, 15) is 9.59 Å². The normalized spacial score (nSPS) is 18.0. The van der Waals surface area contributed by atoms with Crippen molar-refractivity contribution in [3.63, 3.8) is 0 Å². The Balaban J connectivity index is 1.14. The fourth-order valence-electron chi connectivity index (χ4n) is 5.72. The van der Waals surface area contributed by atoms with E-state index in [0.29, 0.717) is 35.3 Å². The number of rotatable bonds is 6. The number of carbonyl (C=O) groups excluding carboxylic acids is 2. The van der Waals surface area contributed by atoms with Gasteiger partial charge in [-0.2, -0.15) is 9.97 Å². The predicted octanol–water partition coefficient (Wildman–Crippen LogP) is 3.95. The van der Waals surface area contributed by atoms with Gasteiger partial charge in [-0.3, -0.25) is 14.0 Å². The van der Waals surface area contributed by atoms with Crippen LogP contribution in [0.3, 0.4) is 0 Å². The lowest BCUT2D eigenvalue weighted by atomic mass is 9.86. The molecule has 0 spiro atoms. The maximum Gasteiger partial charge on any atom is 0.253 e. The van der Waals surface area contributed by atoms with Gasteiger partial charge in [0.05, 0.1) is 0 Å². The van der Waals surface area contributed by atoms with Gasteiger partial charge in [-0.15, -0.1) is 0 Å². The Hall–Kier alpha value is -4.51. The number of carbonyl (C=O) groups is 2. The molecular formula is C33H41N9O2. The summed E-state index contributed by atoms with van der Waals surface area (Å²) in [4.78, 5) is 46.3. The van der Waals surface area contributed by atoms with Gasteiger partial charge in [-0.25, -0.2) is 4.98 Å². The van der Waals surface area contributed by atoms with Gasteiger partial charge in [0.2, 0.25) is 17.7 Å². The molecule has 0 aliphatic carbocycles. The summed E-state index contributed by atoms with van der Waals surface area (Å²) in [6, 6.07) is 15.3. The lowest BCUT2D eigenvalue weighted by Gasteiger charge is -2.33. The zero-order valence-corrected chi connectivity index (χ0v) is 26.0. The highest BCUT2D eigenvalue weighted by Gasteiger charge is 2.25. The number of benzene rings is 2. The molecule has 2 saturated heterocycles. The first-order chi connectivity index (χ1) is 21.1. The summed E-state index contributed by atoms with van der Waals surface area (Å²) < 4.78 is 1.80. The number of nitrogens with zero attached hydrogens (tertiary/aromatic N) is 7. The summed E-state index contributed by atoms with van der Waals surface area (Å²) in [6.45, 7) is 11.1. The molecule has 11 heteroatoms. The van der Waals surface area contributed by atoms with Crippen molar-refractivity contribution in [1.29, 1.82) is 0 Å². The van der Waals surface area contributed by atoms with E-state index >= 15 is 0 Å². The average Bonchev–Trinajstić information content (AvgIpc) is 3.51. The highest BCUT2D eigenvalue weighted by Crippen LogP contribution is 2.24. The first-order valence-electron chi connectivity index (χ1n) is 15.4. The van der Waals surface area contributed by atoms with E-state index in [1.165, 1.54) is 5.56 Å². The number of hydrogen-bond acceptors (Lipinski definition) is 8. The van der Waals surface area contributed by atoms with E-state index < -0.39 is 0 Å². The Morgan fingerprint density at radius 2 is 1.59 bits per heavy atom. The second kappa shape index (κ2) is 12.2. The van der Waals surface area contributed by atoms with Crippen molar-refractivity contribution in [2.45, 2.75) is 45.1 Å². The van der Waals surface area contributed by atoms with Crippen molar-refractivity contribution in [2.75, 3.05) is 56.5 Å². The summed E-state index contributed by atoms with van der Waals surface area (Å²) in [7, 11) is 2.08. The number of nitrogens with one attached hydrogen (secondary N) is 2. The van der Waals surface area contributed by atoms with Gasteiger partial charge in [0.15, 0.2) is 0 Å². The number of amides is 2. The third-order valence-electron chi connectivity index (χ3n) is 8.49. The summed E-state index contributed by atoms with van der Waals surface area (Å²) in [5.41, 5.74) is 3.37. The monoisotopic (exact) mass is 595 g/mol. The fraction of sp³-hybridized carbons (Fsp3) is 0.424. The maximum absolute atomic E-state index is 13.1. The third kappa shape index (κ3) is 6.52. The van der Waals surface area contributed by atoms with Crippen LogP contribution in [0.15, 0.2) is 60.9 Å². The number of imidazole rings is 1. The van der Waals surface area contributed by atoms with Crippen LogP contribution in [0.25, 0.3) is 5.78 Å². The van der Waals surface area contributed by atoms with E-state index in [2.05, 4.69) is 53.2 Å². The highest BCUT2D eigenvalue weighted by atomic mass is 16.2. The van der Waals surface area contributed by atoms with Crippen LogP contribution in [0.1, 0.15) is 59.9 Å². The zero-order chi connectivity index (χ0) is 30.8. The van der Waals surface area contributed by atoms with E-state index in [1.807, 2.05) is 59.6 Å². The molecule has 2 fully saturated rings. The van der Waals surface area contributed by atoms with E-state index in [0.717, 1.165) is 51.3 Å². The molecule has 230 valence electrons. The van der Waals surface area contributed by atoms with Gasteiger partial charge in [-0.1, -0.05) is 32.9 Å². The molecule has 0 radical (unpaired) electrons. The number of hydrogen-bond donors (Lipinski definition) is 2. The second-order valence-corrected chi connectivity index (χ2v) is 12.8. The minimum absolute atomic E-state index is 0.0279. The molecule has 4 heterocycles. The molecular weight excluding hydrogens is 554 g/mol. The van der Waals surface area contributed by atoms with Crippen molar-refractivity contribution in [3.05, 3.63) is 77.6 Å². The first-order valence-corrected chi connectivity index (χ1v) is 15.4. The van der Waals surface area contributed by atoms with E-state index in [4.69, 9.17) is 9.97 Å². The minimum Gasteiger partial charge on any atom is -0.348 e. The van der Waals surface area contributed by atoms with Crippen LogP contribution in [0, 0.1) is 0 Å². The third-order valence-corrected chi connectivity index (χ3v) is 8.49. The Morgan fingerprint density at radius 1 is 0.886 bits per heavy atom. The summed E-state index contributed by atoms with van der Waals surface area (Å²) in [5, 5.41) is 6.60. The molecule has 4 aromatic rings. The van der Waals surface area contributed by atoms with E-state index in [-0.39, 0.29) is 23.3 Å². The topological polar surface area (TPSA) is 111 Å². The molecule has 2 aromatic carbocycles. The summed E-state index contributed by atoms with van der Waals surface area (Å²) >= 11 is 0. The molecule has 2 amide bonds. The summed E-state index contributed by atoms with van der Waals surface area (Å²) in [6.07, 6.45) is 5.30. The van der Waals surface area contributed by atoms with Crippen LogP contribution in [0.5, 0.6) is 0 Å². The minimum atomic E-state index is -0.0705. The van der Waals surface area contributed by atoms with Crippen LogP contribution in [-0.4, -0.2) is 93.3 Å². The van der Waals surface area contributed by atoms with Gasteiger partial charge in [0, 0.05) is 74.5 Å². The Labute approximate surface area is 258 Å². The second-order valence-electron chi connectivity index (χ2n) is 12.8. The van der Waals surface area contributed by atoms with Gasteiger partial charge in [0.1, 0.15) is 0 Å². The molecule has 2 aromatic heterocycles. The number of anilines is 3. The fourth-order valence-corrected chi connectivity index (χ4v) is 5.72. The molecule has 44 heavy (non-hydrogen) atoms. The maximum atomic E-state index is 13.1. The van der Waals surface area contributed by atoms with Gasteiger partial charge in [0.25, 0.3) is 11.8 Å². The Morgan fingerprint density at radius 3 is 2.30 bits per heavy atom. The molecule has 11 nitrogen and oxygen atoms in total. The quantitative estimate of drug-likeness (QED) is 0.345. The molecule has 6 rings (SSSR count). The molecule has 1 unspecified atom stereocenters. The van der Waals surface area contributed by atoms with Crippen molar-refractivity contribution >= 4 is 35.2 Å². The highest BCUT2D eigenvalue weighted by molar-refractivity contribution is 5.95. The predicted molar refractivity (Wildman–Crippen MR) is 172 cm³/mol. The number of piperidine rings is 1. The molecule has 0 saturated carbocycles. The number of piperazine rings is 1. The lowest BCUT2D eigenvalue weighted by molar-refractivity contribution is 0.0664. The number of likely N-dealkylation sites (N-methyl/N-ethyl adjacent to an activating group) is 1. The van der Waals surface area contributed by atoms with Crippen LogP contribution < -0.4 is 15.5 Å². The van der Waals surface area contributed by atoms with Crippen molar-refractivity contribution < 1.29 is 9.59 Å². The van der Waals surface area contributed by atoms with Crippen molar-refractivity contribution in [1.82, 2.24) is 34.5 Å². The SMILES string of the molecule is CN1CCN(C(=O)c2ccc(Nc3nc(N4CCCC(NC(=O)c5ccc(C(C)(C)C)cc5)C4)nc4nccn34)cc2)CC1. The molecule has 2 aliphatic heterocycles. The lowest BCUT2D eigenvalue weighted by Crippen LogP contribution is -2.48. The first kappa shape index (κ1) is 29.6. The smallest absolute Gasteiger partial charge is 0.253 e. The average molecular weight is 596 g/mol. The van der Waals surface area contributed by atoms with Crippen molar-refractivity contribution in [2.24, 2.45) is 0 Å². The molecule has 2 aliphatic rings. The van der Waals surface area contributed by atoms with Crippen LogP contribution in [0.4, 0.5) is 17.6 Å².